The van der Waals surface area contributed by atoms with Crippen LogP contribution in [0.2, 0.25) is 0 Å². The molecule has 0 saturated heterocycles. The Morgan fingerprint density at radius 3 is 2.75 bits per heavy atom. The van der Waals surface area contributed by atoms with Crippen LogP contribution in [-0.4, -0.2) is 32.9 Å². The van der Waals surface area contributed by atoms with E-state index < -0.39 is 15.7 Å². The van der Waals surface area contributed by atoms with Crippen LogP contribution >= 0.6 is 11.3 Å². The van der Waals surface area contributed by atoms with Crippen molar-refractivity contribution < 1.29 is 13.2 Å². The van der Waals surface area contributed by atoms with E-state index in [1.54, 1.807) is 11.4 Å². The van der Waals surface area contributed by atoms with Crippen molar-refractivity contribution in [2.45, 2.75) is 6.54 Å². The zero-order valence-corrected chi connectivity index (χ0v) is 10.5. The quantitative estimate of drug-likeness (QED) is 0.705. The van der Waals surface area contributed by atoms with Gasteiger partial charge in [-0.1, -0.05) is 0 Å². The number of hydrogen-bond acceptors (Lipinski definition) is 5. The standard InChI is InChI=1S/C9H14N2O3S2/c1-16(13,14)3-2-11-5-8-4-7(6-15-8)9(10)12/h4,6,11H,2-3,5H2,1H3,(H2,10,12). The molecule has 1 heterocycles. The maximum atomic E-state index is 10.8. The molecule has 0 spiro atoms. The van der Waals surface area contributed by atoms with E-state index >= 15 is 0 Å². The molecule has 0 saturated carbocycles. The monoisotopic (exact) mass is 262 g/mol. The smallest absolute Gasteiger partial charge is 0.249 e. The Hall–Kier alpha value is -0.920. The third kappa shape index (κ3) is 4.73. The first-order valence-electron chi connectivity index (χ1n) is 4.64. The van der Waals surface area contributed by atoms with E-state index in [4.69, 9.17) is 5.73 Å². The van der Waals surface area contributed by atoms with Crippen LogP contribution in [0.1, 0.15) is 15.2 Å². The summed E-state index contributed by atoms with van der Waals surface area (Å²) in [6.07, 6.45) is 1.20. The fourth-order valence-electron chi connectivity index (χ4n) is 1.07. The molecule has 1 aromatic heterocycles. The van der Waals surface area contributed by atoms with Crippen LogP contribution in [0.15, 0.2) is 11.4 Å². The summed E-state index contributed by atoms with van der Waals surface area (Å²) in [5.41, 5.74) is 5.60. The van der Waals surface area contributed by atoms with Crippen LogP contribution in [0.3, 0.4) is 0 Å². The molecule has 5 nitrogen and oxygen atoms in total. The molecular formula is C9H14N2O3S2. The first-order valence-corrected chi connectivity index (χ1v) is 7.58. The SMILES string of the molecule is CS(=O)(=O)CCNCc1cc(C(N)=O)cs1. The Bertz CT molecular complexity index is 465. The van der Waals surface area contributed by atoms with Gasteiger partial charge in [0, 0.05) is 29.6 Å². The number of carbonyl (C=O) groups is 1. The number of amides is 1. The molecule has 7 heteroatoms. The second kappa shape index (κ2) is 5.42. The molecule has 0 aliphatic carbocycles. The third-order valence-electron chi connectivity index (χ3n) is 1.89. The topological polar surface area (TPSA) is 89.3 Å². The van der Waals surface area contributed by atoms with Crippen LogP contribution in [0.5, 0.6) is 0 Å². The van der Waals surface area contributed by atoms with Gasteiger partial charge in [0.05, 0.1) is 11.3 Å². The van der Waals surface area contributed by atoms with Crippen LogP contribution in [0.25, 0.3) is 0 Å². The average molecular weight is 262 g/mol. The molecule has 3 N–H and O–H groups in total. The van der Waals surface area contributed by atoms with Gasteiger partial charge >= 0.3 is 0 Å². The van der Waals surface area contributed by atoms with Gasteiger partial charge in [-0.3, -0.25) is 4.79 Å². The first-order chi connectivity index (χ1) is 7.38. The molecule has 0 aromatic carbocycles. The highest BCUT2D eigenvalue weighted by molar-refractivity contribution is 7.90. The Labute approximate surface area is 98.6 Å². The molecular weight excluding hydrogens is 248 g/mol. The van der Waals surface area contributed by atoms with Gasteiger partial charge in [0.15, 0.2) is 0 Å². The summed E-state index contributed by atoms with van der Waals surface area (Å²) in [5, 5.41) is 4.68. The van der Waals surface area contributed by atoms with Gasteiger partial charge in [-0.2, -0.15) is 0 Å². The molecule has 1 aromatic rings. The lowest BCUT2D eigenvalue weighted by atomic mass is 10.3. The molecule has 1 amide bonds. The van der Waals surface area contributed by atoms with Crippen LogP contribution in [0.4, 0.5) is 0 Å². The summed E-state index contributed by atoms with van der Waals surface area (Å²) in [4.78, 5) is 11.8. The highest BCUT2D eigenvalue weighted by Crippen LogP contribution is 2.13. The summed E-state index contributed by atoms with van der Waals surface area (Å²) < 4.78 is 21.7. The van der Waals surface area contributed by atoms with Crippen LogP contribution in [-0.2, 0) is 16.4 Å². The predicted molar refractivity (Wildman–Crippen MR) is 64.3 cm³/mol. The zero-order chi connectivity index (χ0) is 12.2. The van der Waals surface area contributed by atoms with Crippen LogP contribution < -0.4 is 11.1 Å². The molecule has 1 rings (SSSR count). The zero-order valence-electron chi connectivity index (χ0n) is 8.89. The Morgan fingerprint density at radius 2 is 2.25 bits per heavy atom. The van der Waals surface area contributed by atoms with E-state index in [2.05, 4.69) is 5.32 Å². The lowest BCUT2D eigenvalue weighted by Crippen LogP contribution is -2.21. The number of rotatable bonds is 6. The van der Waals surface area contributed by atoms with E-state index in [0.717, 1.165) is 4.88 Å². The van der Waals surface area contributed by atoms with E-state index in [0.29, 0.717) is 18.7 Å². The maximum absolute atomic E-state index is 10.8. The number of primary amides is 1. The van der Waals surface area contributed by atoms with Gasteiger partial charge in [-0.15, -0.1) is 11.3 Å². The normalized spacial score (nSPS) is 11.6. The molecule has 0 fully saturated rings. The predicted octanol–water partition coefficient (Wildman–Crippen LogP) is -0.0188. The highest BCUT2D eigenvalue weighted by atomic mass is 32.2. The molecule has 0 unspecified atom stereocenters. The Balaban J connectivity index is 2.35. The minimum absolute atomic E-state index is 0.112. The van der Waals surface area contributed by atoms with Gasteiger partial charge in [0.25, 0.3) is 0 Å². The van der Waals surface area contributed by atoms with Gasteiger partial charge in [0.2, 0.25) is 5.91 Å². The fourth-order valence-corrected chi connectivity index (χ4v) is 2.43. The van der Waals surface area contributed by atoms with E-state index in [1.165, 1.54) is 17.6 Å². The van der Waals surface area contributed by atoms with Gasteiger partial charge < -0.3 is 11.1 Å². The van der Waals surface area contributed by atoms with E-state index in [-0.39, 0.29) is 5.75 Å². The van der Waals surface area contributed by atoms with E-state index in [9.17, 15) is 13.2 Å². The van der Waals surface area contributed by atoms with Crippen molar-refractivity contribution in [3.05, 3.63) is 21.9 Å². The van der Waals surface area contributed by atoms with Crippen molar-refractivity contribution in [1.82, 2.24) is 5.32 Å². The summed E-state index contributed by atoms with van der Waals surface area (Å²) in [6.45, 7) is 0.954. The molecule has 0 bridgehead atoms. The maximum Gasteiger partial charge on any atom is 0.249 e. The first kappa shape index (κ1) is 13.1. The van der Waals surface area contributed by atoms with Crippen LogP contribution in [0, 0.1) is 0 Å². The summed E-state index contributed by atoms with van der Waals surface area (Å²) >= 11 is 1.42. The van der Waals surface area contributed by atoms with Gasteiger partial charge in [-0.05, 0) is 6.07 Å². The minimum Gasteiger partial charge on any atom is -0.366 e. The second-order valence-electron chi connectivity index (χ2n) is 3.47. The van der Waals surface area contributed by atoms with Crippen molar-refractivity contribution in [3.8, 4) is 0 Å². The van der Waals surface area contributed by atoms with Gasteiger partial charge in [0.1, 0.15) is 9.84 Å². The van der Waals surface area contributed by atoms with E-state index in [1.807, 2.05) is 0 Å². The minimum atomic E-state index is -2.92. The third-order valence-corrected chi connectivity index (χ3v) is 3.77. The largest absolute Gasteiger partial charge is 0.366 e. The number of thiophene rings is 1. The lowest BCUT2D eigenvalue weighted by Gasteiger charge is -2.00. The van der Waals surface area contributed by atoms with Crippen molar-refractivity contribution in [3.63, 3.8) is 0 Å². The number of nitrogens with two attached hydrogens (primary N) is 1. The number of carbonyl (C=O) groups excluding carboxylic acids is 1. The highest BCUT2D eigenvalue weighted by Gasteiger charge is 2.05. The summed E-state index contributed by atoms with van der Waals surface area (Å²) in [7, 11) is -2.92. The van der Waals surface area contributed by atoms with Gasteiger partial charge in [-0.25, -0.2) is 8.42 Å². The molecule has 0 aliphatic heterocycles. The van der Waals surface area contributed by atoms with Crippen molar-refractivity contribution >= 4 is 27.1 Å². The molecule has 90 valence electrons. The fraction of sp³-hybridized carbons (Fsp3) is 0.444. The summed E-state index contributed by atoms with van der Waals surface area (Å²) in [5.74, 6) is -0.334. The Kier molecular flexibility index (Phi) is 4.45. The average Bonchev–Trinajstić information content (AvgIpc) is 2.59. The second-order valence-corrected chi connectivity index (χ2v) is 6.73. The summed E-state index contributed by atoms with van der Waals surface area (Å²) in [6, 6.07) is 1.71. The molecule has 0 aliphatic rings. The number of hydrogen-bond donors (Lipinski definition) is 2. The lowest BCUT2D eigenvalue weighted by molar-refractivity contribution is 0.100. The van der Waals surface area contributed by atoms with Crippen molar-refractivity contribution in [1.29, 1.82) is 0 Å². The van der Waals surface area contributed by atoms with Crippen molar-refractivity contribution in [2.24, 2.45) is 5.73 Å². The Morgan fingerprint density at radius 1 is 1.56 bits per heavy atom. The molecule has 0 atom stereocenters. The number of nitrogens with one attached hydrogen (secondary N) is 1. The molecule has 0 radical (unpaired) electrons. The van der Waals surface area contributed by atoms with Crippen molar-refractivity contribution in [2.75, 3.05) is 18.6 Å². The number of sulfone groups is 1. The molecule has 16 heavy (non-hydrogen) atoms.